The monoisotopic (exact) mass is 287 g/mol. The van der Waals surface area contributed by atoms with Crippen molar-refractivity contribution >= 4 is 17.0 Å². The molecular formula is C16H25N5. The number of nitrogens with zero attached hydrogens (tertiary/aromatic N) is 4. The lowest BCUT2D eigenvalue weighted by atomic mass is 10.2. The summed E-state index contributed by atoms with van der Waals surface area (Å²) in [7, 11) is 2.10. The SMILES string of the molecule is CCC(N)CN1CCN(c2nc3ccccc3n2C)CC1. The van der Waals surface area contributed by atoms with Gasteiger partial charge >= 0.3 is 0 Å². The molecule has 1 saturated heterocycles. The van der Waals surface area contributed by atoms with Crippen LogP contribution in [0, 0.1) is 0 Å². The molecule has 1 atom stereocenters. The average Bonchev–Trinajstić information content (AvgIpc) is 2.85. The smallest absolute Gasteiger partial charge is 0.206 e. The molecule has 5 heteroatoms. The van der Waals surface area contributed by atoms with Crippen LogP contribution >= 0.6 is 0 Å². The minimum atomic E-state index is 0.298. The molecular weight excluding hydrogens is 262 g/mol. The molecule has 2 heterocycles. The minimum Gasteiger partial charge on any atom is -0.340 e. The molecule has 0 amide bonds. The van der Waals surface area contributed by atoms with Crippen molar-refractivity contribution in [3.8, 4) is 0 Å². The topological polar surface area (TPSA) is 50.3 Å². The van der Waals surface area contributed by atoms with Crippen molar-refractivity contribution in [3.05, 3.63) is 24.3 Å². The van der Waals surface area contributed by atoms with Crippen LogP contribution in [0.3, 0.4) is 0 Å². The summed E-state index contributed by atoms with van der Waals surface area (Å²) in [5, 5.41) is 0. The molecule has 2 aromatic rings. The second-order valence-electron chi connectivity index (χ2n) is 5.92. The van der Waals surface area contributed by atoms with Gasteiger partial charge in [-0.3, -0.25) is 4.90 Å². The molecule has 1 unspecified atom stereocenters. The zero-order valence-corrected chi connectivity index (χ0v) is 13.0. The zero-order valence-electron chi connectivity index (χ0n) is 13.0. The van der Waals surface area contributed by atoms with Gasteiger partial charge in [0.05, 0.1) is 11.0 Å². The van der Waals surface area contributed by atoms with E-state index in [4.69, 9.17) is 10.7 Å². The van der Waals surface area contributed by atoms with Crippen molar-refractivity contribution in [1.29, 1.82) is 0 Å². The Balaban J connectivity index is 1.70. The van der Waals surface area contributed by atoms with E-state index in [0.717, 1.165) is 50.6 Å². The largest absolute Gasteiger partial charge is 0.340 e. The fourth-order valence-electron chi connectivity index (χ4n) is 3.01. The quantitative estimate of drug-likeness (QED) is 0.924. The van der Waals surface area contributed by atoms with E-state index in [2.05, 4.69) is 46.5 Å². The summed E-state index contributed by atoms with van der Waals surface area (Å²) in [4.78, 5) is 9.63. The van der Waals surface area contributed by atoms with E-state index < -0.39 is 0 Å². The summed E-state index contributed by atoms with van der Waals surface area (Å²) in [5.74, 6) is 1.08. The van der Waals surface area contributed by atoms with Gasteiger partial charge in [0, 0.05) is 45.8 Å². The molecule has 0 radical (unpaired) electrons. The summed E-state index contributed by atoms with van der Waals surface area (Å²) >= 11 is 0. The van der Waals surface area contributed by atoms with E-state index in [-0.39, 0.29) is 0 Å². The van der Waals surface area contributed by atoms with Gasteiger partial charge < -0.3 is 15.2 Å². The molecule has 1 aromatic heterocycles. The predicted octanol–water partition coefficient (Wildman–Crippen LogP) is 1.43. The van der Waals surface area contributed by atoms with Crippen LogP contribution in [0.4, 0.5) is 5.95 Å². The van der Waals surface area contributed by atoms with Crippen molar-refractivity contribution in [2.75, 3.05) is 37.6 Å². The Morgan fingerprint density at radius 1 is 1.19 bits per heavy atom. The number of benzene rings is 1. The van der Waals surface area contributed by atoms with Crippen molar-refractivity contribution in [3.63, 3.8) is 0 Å². The normalized spacial score (nSPS) is 18.3. The number of rotatable bonds is 4. The lowest BCUT2D eigenvalue weighted by Gasteiger charge is -2.36. The molecule has 1 aliphatic heterocycles. The minimum absolute atomic E-state index is 0.298. The van der Waals surface area contributed by atoms with Crippen LogP contribution in [0.2, 0.25) is 0 Å². The van der Waals surface area contributed by atoms with Crippen molar-refractivity contribution in [2.24, 2.45) is 12.8 Å². The van der Waals surface area contributed by atoms with Gasteiger partial charge in [-0.15, -0.1) is 0 Å². The highest BCUT2D eigenvalue weighted by molar-refractivity contribution is 5.78. The second-order valence-corrected chi connectivity index (χ2v) is 5.92. The van der Waals surface area contributed by atoms with Crippen molar-refractivity contribution in [1.82, 2.24) is 14.5 Å². The summed E-state index contributed by atoms with van der Waals surface area (Å²) in [6.07, 6.45) is 1.05. The first-order chi connectivity index (χ1) is 10.2. The van der Waals surface area contributed by atoms with E-state index in [9.17, 15) is 0 Å². The Morgan fingerprint density at radius 3 is 2.57 bits per heavy atom. The van der Waals surface area contributed by atoms with E-state index in [1.54, 1.807) is 0 Å². The van der Waals surface area contributed by atoms with Gasteiger partial charge in [0.15, 0.2) is 0 Å². The third-order valence-corrected chi connectivity index (χ3v) is 4.44. The first-order valence-corrected chi connectivity index (χ1v) is 7.83. The summed E-state index contributed by atoms with van der Waals surface area (Å²) < 4.78 is 2.20. The molecule has 1 aromatic carbocycles. The van der Waals surface area contributed by atoms with E-state index in [1.807, 2.05) is 6.07 Å². The molecule has 1 fully saturated rings. The molecule has 1 aliphatic rings. The fourth-order valence-corrected chi connectivity index (χ4v) is 3.01. The lowest BCUT2D eigenvalue weighted by molar-refractivity contribution is 0.239. The number of anilines is 1. The molecule has 5 nitrogen and oxygen atoms in total. The maximum Gasteiger partial charge on any atom is 0.206 e. The van der Waals surface area contributed by atoms with Gasteiger partial charge in [0.2, 0.25) is 5.95 Å². The maximum absolute atomic E-state index is 6.05. The highest BCUT2D eigenvalue weighted by atomic mass is 15.3. The van der Waals surface area contributed by atoms with Gasteiger partial charge in [-0.25, -0.2) is 4.98 Å². The second kappa shape index (κ2) is 6.03. The van der Waals surface area contributed by atoms with Gasteiger partial charge in [-0.1, -0.05) is 19.1 Å². The molecule has 2 N–H and O–H groups in total. The Labute approximate surface area is 126 Å². The van der Waals surface area contributed by atoms with Gasteiger partial charge in [0.25, 0.3) is 0 Å². The number of imidazole rings is 1. The molecule has 0 spiro atoms. The summed E-state index contributed by atoms with van der Waals surface area (Å²) in [6, 6.07) is 8.62. The number of aromatic nitrogens is 2. The lowest BCUT2D eigenvalue weighted by Crippen LogP contribution is -2.50. The molecule has 114 valence electrons. The first-order valence-electron chi connectivity index (χ1n) is 7.83. The number of fused-ring (bicyclic) bond motifs is 1. The standard InChI is InChI=1S/C16H25N5/c1-3-13(17)12-20-8-10-21(11-9-20)16-18-14-6-4-5-7-15(14)19(16)2/h4-7,13H,3,8-12,17H2,1-2H3. The number of piperazine rings is 1. The van der Waals surface area contributed by atoms with Crippen LogP contribution in [0.1, 0.15) is 13.3 Å². The van der Waals surface area contributed by atoms with Crippen molar-refractivity contribution in [2.45, 2.75) is 19.4 Å². The number of aryl methyl sites for hydroxylation is 1. The molecule has 21 heavy (non-hydrogen) atoms. The number of hydrogen-bond donors (Lipinski definition) is 1. The molecule has 0 aliphatic carbocycles. The summed E-state index contributed by atoms with van der Waals surface area (Å²) in [6.45, 7) is 7.34. The van der Waals surface area contributed by atoms with Crippen LogP contribution in [0.15, 0.2) is 24.3 Å². The Hall–Kier alpha value is -1.59. The Bertz CT molecular complexity index is 598. The van der Waals surface area contributed by atoms with Crippen LogP contribution < -0.4 is 10.6 Å². The van der Waals surface area contributed by atoms with E-state index >= 15 is 0 Å². The number of nitrogens with two attached hydrogens (primary N) is 1. The number of para-hydroxylation sites is 2. The highest BCUT2D eigenvalue weighted by Gasteiger charge is 2.21. The predicted molar refractivity (Wildman–Crippen MR) is 87.6 cm³/mol. The van der Waals surface area contributed by atoms with E-state index in [0.29, 0.717) is 6.04 Å². The van der Waals surface area contributed by atoms with Crippen LogP contribution in [0.25, 0.3) is 11.0 Å². The highest BCUT2D eigenvalue weighted by Crippen LogP contribution is 2.21. The summed E-state index contributed by atoms with van der Waals surface area (Å²) in [5.41, 5.74) is 8.32. The first kappa shape index (κ1) is 14.4. The zero-order chi connectivity index (χ0) is 14.8. The Kier molecular flexibility index (Phi) is 4.12. The van der Waals surface area contributed by atoms with Gasteiger partial charge in [-0.05, 0) is 18.6 Å². The third-order valence-electron chi connectivity index (χ3n) is 4.44. The molecule has 0 bridgehead atoms. The van der Waals surface area contributed by atoms with Crippen LogP contribution in [-0.2, 0) is 7.05 Å². The molecule has 0 saturated carbocycles. The third kappa shape index (κ3) is 2.89. The van der Waals surface area contributed by atoms with Gasteiger partial charge in [-0.2, -0.15) is 0 Å². The van der Waals surface area contributed by atoms with E-state index in [1.165, 1.54) is 5.52 Å². The van der Waals surface area contributed by atoms with Crippen LogP contribution in [0.5, 0.6) is 0 Å². The van der Waals surface area contributed by atoms with Crippen molar-refractivity contribution < 1.29 is 0 Å². The maximum atomic E-state index is 6.05. The Morgan fingerprint density at radius 2 is 1.90 bits per heavy atom. The fraction of sp³-hybridized carbons (Fsp3) is 0.562. The average molecular weight is 287 g/mol. The van der Waals surface area contributed by atoms with Gasteiger partial charge in [0.1, 0.15) is 0 Å². The van der Waals surface area contributed by atoms with Crippen LogP contribution in [-0.4, -0.2) is 53.2 Å². The molecule has 3 rings (SSSR count). The number of hydrogen-bond acceptors (Lipinski definition) is 4.